The number of rotatable bonds is 7. The normalized spacial score (nSPS) is 19.5. The highest BCUT2D eigenvalue weighted by atomic mass is 16.5. The van der Waals surface area contributed by atoms with Crippen LogP contribution in [0.5, 0.6) is 11.5 Å². The first kappa shape index (κ1) is 23.6. The number of pyridine rings is 1. The molecule has 3 heterocycles. The summed E-state index contributed by atoms with van der Waals surface area (Å²) in [4.78, 5) is 22.5. The minimum Gasteiger partial charge on any atom is -0.493 e. The number of fused-ring (bicyclic) bond motifs is 1. The zero-order chi connectivity index (χ0) is 23.2. The van der Waals surface area contributed by atoms with Crippen LogP contribution in [-0.4, -0.2) is 67.6 Å². The fraction of sp³-hybridized carbons (Fsp3) is 0.556. The molecule has 0 aliphatic carbocycles. The van der Waals surface area contributed by atoms with Crippen molar-refractivity contribution in [2.24, 2.45) is 5.92 Å². The molecule has 0 bridgehead atoms. The maximum absolute atomic E-state index is 13.1. The number of amides is 1. The summed E-state index contributed by atoms with van der Waals surface area (Å²) in [5, 5.41) is 0. The predicted octanol–water partition coefficient (Wildman–Crippen LogP) is 3.68. The topological polar surface area (TPSA) is 54.9 Å². The summed E-state index contributed by atoms with van der Waals surface area (Å²) < 4.78 is 10.9. The van der Waals surface area contributed by atoms with Crippen LogP contribution >= 0.6 is 0 Å². The molecule has 2 aliphatic heterocycles. The number of hydrogen-bond donors (Lipinski definition) is 0. The molecule has 178 valence electrons. The maximum atomic E-state index is 13.1. The van der Waals surface area contributed by atoms with Crippen LogP contribution in [-0.2, 0) is 24.1 Å². The van der Waals surface area contributed by atoms with Gasteiger partial charge in [-0.05, 0) is 74.0 Å². The van der Waals surface area contributed by atoms with Crippen molar-refractivity contribution < 1.29 is 14.3 Å². The summed E-state index contributed by atoms with van der Waals surface area (Å²) in [6.07, 6.45) is 5.94. The molecule has 1 saturated heterocycles. The lowest BCUT2D eigenvalue weighted by Crippen LogP contribution is -2.40. The molecule has 1 fully saturated rings. The summed E-state index contributed by atoms with van der Waals surface area (Å²) in [6, 6.07) is 10.3. The summed E-state index contributed by atoms with van der Waals surface area (Å²) in [7, 11) is 3.30. The van der Waals surface area contributed by atoms with Gasteiger partial charge in [-0.15, -0.1) is 0 Å². The number of carbonyl (C=O) groups is 1. The van der Waals surface area contributed by atoms with E-state index in [-0.39, 0.29) is 5.91 Å². The van der Waals surface area contributed by atoms with Gasteiger partial charge in [0.15, 0.2) is 11.5 Å². The molecule has 33 heavy (non-hydrogen) atoms. The Hall–Kier alpha value is -2.60. The molecule has 1 atom stereocenters. The predicted molar refractivity (Wildman–Crippen MR) is 130 cm³/mol. The van der Waals surface area contributed by atoms with Crippen LogP contribution in [0.25, 0.3) is 0 Å². The molecule has 2 aliphatic rings. The van der Waals surface area contributed by atoms with E-state index in [2.05, 4.69) is 26.9 Å². The van der Waals surface area contributed by atoms with Gasteiger partial charge in [0.25, 0.3) is 0 Å². The first-order valence-electron chi connectivity index (χ1n) is 12.2. The summed E-state index contributed by atoms with van der Waals surface area (Å²) in [6.45, 7) is 6.90. The lowest BCUT2D eigenvalue weighted by atomic mass is 10.0. The average Bonchev–Trinajstić information content (AvgIpc) is 3.13. The number of ether oxygens (including phenoxy) is 2. The van der Waals surface area contributed by atoms with Gasteiger partial charge in [-0.3, -0.25) is 9.78 Å². The Bertz CT molecular complexity index is 962. The number of hydrogen-bond acceptors (Lipinski definition) is 5. The van der Waals surface area contributed by atoms with E-state index in [0.717, 1.165) is 62.6 Å². The van der Waals surface area contributed by atoms with Crippen LogP contribution in [0, 0.1) is 12.8 Å². The molecule has 1 aromatic heterocycles. The van der Waals surface area contributed by atoms with Gasteiger partial charge in [-0.2, -0.15) is 0 Å². The molecular formula is C27H37N3O3. The Morgan fingerprint density at radius 2 is 1.85 bits per heavy atom. The Morgan fingerprint density at radius 3 is 2.61 bits per heavy atom. The molecule has 6 nitrogen and oxygen atoms in total. The number of likely N-dealkylation sites (tertiary alicyclic amines) is 1. The minimum absolute atomic E-state index is 0.223. The lowest BCUT2D eigenvalue weighted by molar-refractivity contribution is -0.130. The third-order valence-electron chi connectivity index (χ3n) is 7.01. The molecular weight excluding hydrogens is 414 g/mol. The second-order valence-corrected chi connectivity index (χ2v) is 9.43. The first-order chi connectivity index (χ1) is 16.1. The van der Waals surface area contributed by atoms with Gasteiger partial charge < -0.3 is 19.3 Å². The van der Waals surface area contributed by atoms with Gasteiger partial charge in [0.05, 0.1) is 20.6 Å². The van der Waals surface area contributed by atoms with Crippen LogP contribution in [0.4, 0.5) is 0 Å². The highest BCUT2D eigenvalue weighted by Crippen LogP contribution is 2.32. The van der Waals surface area contributed by atoms with Crippen LogP contribution in [0.2, 0.25) is 0 Å². The van der Waals surface area contributed by atoms with Gasteiger partial charge in [-0.25, -0.2) is 0 Å². The molecule has 2 aromatic rings. The van der Waals surface area contributed by atoms with E-state index in [4.69, 9.17) is 9.47 Å². The van der Waals surface area contributed by atoms with E-state index >= 15 is 0 Å². The van der Waals surface area contributed by atoms with Crippen molar-refractivity contribution in [1.29, 1.82) is 0 Å². The molecule has 4 rings (SSSR count). The number of aryl methyl sites for hydroxylation is 1. The van der Waals surface area contributed by atoms with E-state index in [1.807, 2.05) is 25.1 Å². The number of nitrogens with zero attached hydrogens (tertiary/aromatic N) is 3. The summed E-state index contributed by atoms with van der Waals surface area (Å²) >= 11 is 0. The fourth-order valence-corrected chi connectivity index (χ4v) is 5.20. The third kappa shape index (κ3) is 6.05. The zero-order valence-electron chi connectivity index (χ0n) is 20.3. The molecule has 1 unspecified atom stereocenters. The van der Waals surface area contributed by atoms with Crippen molar-refractivity contribution in [3.05, 3.63) is 52.8 Å². The molecule has 1 amide bonds. The summed E-state index contributed by atoms with van der Waals surface area (Å²) in [5.41, 5.74) is 4.50. The minimum atomic E-state index is 0.223. The Balaban J connectivity index is 1.37. The van der Waals surface area contributed by atoms with Gasteiger partial charge in [0.1, 0.15) is 0 Å². The number of methoxy groups -OCH3 is 2. The Labute approximate surface area is 197 Å². The molecule has 1 aromatic carbocycles. The van der Waals surface area contributed by atoms with Crippen LogP contribution < -0.4 is 9.47 Å². The van der Waals surface area contributed by atoms with E-state index in [9.17, 15) is 4.79 Å². The van der Waals surface area contributed by atoms with Crippen molar-refractivity contribution in [2.45, 2.75) is 45.4 Å². The molecule has 0 radical (unpaired) electrons. The van der Waals surface area contributed by atoms with Gasteiger partial charge in [0, 0.05) is 44.0 Å². The first-order valence-corrected chi connectivity index (χ1v) is 12.2. The fourth-order valence-electron chi connectivity index (χ4n) is 5.20. The largest absolute Gasteiger partial charge is 0.493 e. The highest BCUT2D eigenvalue weighted by molar-refractivity contribution is 5.80. The van der Waals surface area contributed by atoms with Crippen LogP contribution in [0.3, 0.4) is 0 Å². The Morgan fingerprint density at radius 1 is 1.06 bits per heavy atom. The van der Waals surface area contributed by atoms with Crippen molar-refractivity contribution in [3.63, 3.8) is 0 Å². The highest BCUT2D eigenvalue weighted by Gasteiger charge is 2.26. The number of carbonyl (C=O) groups excluding carboxylic acids is 1. The zero-order valence-corrected chi connectivity index (χ0v) is 20.3. The smallest absolute Gasteiger partial charge is 0.227 e. The van der Waals surface area contributed by atoms with Gasteiger partial charge >= 0.3 is 0 Å². The maximum Gasteiger partial charge on any atom is 0.227 e. The standard InChI is InChI=1S/C27H37N3O3/c1-20-7-6-9-24(28-20)11-13-29-12-5-4-8-21(18-29)19-30-14-10-22-15-25(32-2)26(33-3)16-23(22)17-27(30)31/h6-7,9,15-16,21H,4-5,8,10-14,17-19H2,1-3H3. The average molecular weight is 452 g/mol. The molecule has 0 saturated carbocycles. The van der Waals surface area contributed by atoms with E-state index in [1.54, 1.807) is 14.2 Å². The van der Waals surface area contributed by atoms with E-state index < -0.39 is 0 Å². The van der Waals surface area contributed by atoms with Gasteiger partial charge in [0.2, 0.25) is 5.91 Å². The molecule has 6 heteroatoms. The second kappa shape index (κ2) is 11.0. The van der Waals surface area contributed by atoms with Crippen molar-refractivity contribution >= 4 is 5.91 Å². The van der Waals surface area contributed by atoms with Crippen LogP contribution in [0.1, 0.15) is 41.8 Å². The molecule has 0 spiro atoms. The number of benzene rings is 1. The van der Waals surface area contributed by atoms with Crippen molar-refractivity contribution in [2.75, 3.05) is 46.9 Å². The van der Waals surface area contributed by atoms with Crippen LogP contribution in [0.15, 0.2) is 30.3 Å². The van der Waals surface area contributed by atoms with E-state index in [1.165, 1.54) is 30.5 Å². The quantitative estimate of drug-likeness (QED) is 0.643. The van der Waals surface area contributed by atoms with Gasteiger partial charge in [-0.1, -0.05) is 12.5 Å². The number of aromatic nitrogens is 1. The van der Waals surface area contributed by atoms with Crippen molar-refractivity contribution in [1.82, 2.24) is 14.8 Å². The SMILES string of the molecule is COc1cc2c(cc1OC)CC(=O)N(CC1CCCCN(CCc3cccc(C)n3)C1)CC2. The summed E-state index contributed by atoms with van der Waals surface area (Å²) in [5.74, 6) is 2.17. The van der Waals surface area contributed by atoms with Crippen molar-refractivity contribution in [3.8, 4) is 11.5 Å². The lowest BCUT2D eigenvalue weighted by Gasteiger charge is -2.29. The molecule has 0 N–H and O–H groups in total. The second-order valence-electron chi connectivity index (χ2n) is 9.43. The monoisotopic (exact) mass is 451 g/mol. The third-order valence-corrected chi connectivity index (χ3v) is 7.01. The van der Waals surface area contributed by atoms with E-state index in [0.29, 0.717) is 18.1 Å². The Kier molecular flexibility index (Phi) is 7.86.